The lowest BCUT2D eigenvalue weighted by atomic mass is 10.2. The molecular formula is C12H11IN6. The molecule has 0 aliphatic rings. The van der Waals surface area contributed by atoms with E-state index in [1.807, 2.05) is 6.07 Å². The molecule has 0 saturated carbocycles. The van der Waals surface area contributed by atoms with Crippen LogP contribution in [0, 0.1) is 3.57 Å². The highest BCUT2D eigenvalue weighted by Gasteiger charge is 2.08. The van der Waals surface area contributed by atoms with Crippen LogP contribution in [0.5, 0.6) is 0 Å². The maximum absolute atomic E-state index is 5.67. The second-order valence-electron chi connectivity index (χ2n) is 4.01. The number of nitrogen functional groups attached to an aromatic ring is 1. The van der Waals surface area contributed by atoms with E-state index < -0.39 is 0 Å². The van der Waals surface area contributed by atoms with Gasteiger partial charge >= 0.3 is 0 Å². The Bertz CT molecular complexity index is 723. The van der Waals surface area contributed by atoms with Crippen molar-refractivity contribution in [3.05, 3.63) is 39.7 Å². The van der Waals surface area contributed by atoms with E-state index in [9.17, 15) is 0 Å². The summed E-state index contributed by atoms with van der Waals surface area (Å²) in [4.78, 5) is 15.4. The standard InChI is InChI=1S/C12H11IN6/c13-8-3-1-2-7(4-8)5-15-10-9-11(17-6-16-9)19-12(14)18-10/h1-4,6H,5H2,(H4,14,15,16,17,18,19). The van der Waals surface area contributed by atoms with Crippen molar-refractivity contribution in [2.24, 2.45) is 0 Å². The van der Waals surface area contributed by atoms with Gasteiger partial charge in [-0.25, -0.2) is 4.98 Å². The second kappa shape index (κ2) is 5.00. The molecule has 0 aliphatic carbocycles. The molecule has 0 radical (unpaired) electrons. The van der Waals surface area contributed by atoms with Gasteiger partial charge < -0.3 is 16.0 Å². The van der Waals surface area contributed by atoms with Crippen molar-refractivity contribution in [3.8, 4) is 0 Å². The highest BCUT2D eigenvalue weighted by Crippen LogP contribution is 2.18. The number of anilines is 2. The third-order valence-electron chi connectivity index (χ3n) is 2.65. The number of nitrogens with zero attached hydrogens (tertiary/aromatic N) is 3. The molecule has 0 fully saturated rings. The van der Waals surface area contributed by atoms with Crippen LogP contribution in [0.15, 0.2) is 30.6 Å². The first-order valence-corrected chi connectivity index (χ1v) is 6.75. The normalized spacial score (nSPS) is 10.8. The van der Waals surface area contributed by atoms with Crippen LogP contribution in [0.2, 0.25) is 0 Å². The Balaban J connectivity index is 1.87. The molecule has 4 N–H and O–H groups in total. The van der Waals surface area contributed by atoms with Crippen LogP contribution < -0.4 is 11.1 Å². The molecule has 0 atom stereocenters. The molecule has 1 aromatic carbocycles. The number of rotatable bonds is 3. The van der Waals surface area contributed by atoms with Crippen molar-refractivity contribution in [1.82, 2.24) is 19.9 Å². The van der Waals surface area contributed by atoms with Gasteiger partial charge in [-0.1, -0.05) is 12.1 Å². The Hall–Kier alpha value is -1.90. The lowest BCUT2D eigenvalue weighted by Gasteiger charge is -2.07. The minimum atomic E-state index is 0.224. The lowest BCUT2D eigenvalue weighted by molar-refractivity contribution is 1.10. The first-order valence-electron chi connectivity index (χ1n) is 5.67. The molecule has 0 bridgehead atoms. The zero-order valence-corrected chi connectivity index (χ0v) is 12.0. The number of imidazole rings is 1. The van der Waals surface area contributed by atoms with Crippen molar-refractivity contribution in [3.63, 3.8) is 0 Å². The van der Waals surface area contributed by atoms with Gasteiger partial charge in [0.2, 0.25) is 5.95 Å². The van der Waals surface area contributed by atoms with E-state index in [4.69, 9.17) is 5.73 Å². The summed E-state index contributed by atoms with van der Waals surface area (Å²) in [5.41, 5.74) is 8.17. The number of aromatic nitrogens is 4. The molecule has 0 unspecified atom stereocenters. The predicted octanol–water partition coefficient (Wildman–Crippen LogP) is 2.15. The van der Waals surface area contributed by atoms with E-state index in [-0.39, 0.29) is 5.95 Å². The average molecular weight is 366 g/mol. The average Bonchev–Trinajstić information content (AvgIpc) is 2.84. The number of hydrogen-bond donors (Lipinski definition) is 3. The Kier molecular flexibility index (Phi) is 3.20. The number of benzene rings is 1. The van der Waals surface area contributed by atoms with Gasteiger partial charge in [-0.3, -0.25) is 0 Å². The Morgan fingerprint density at radius 2 is 2.21 bits per heavy atom. The molecule has 0 spiro atoms. The van der Waals surface area contributed by atoms with Gasteiger partial charge in [0.25, 0.3) is 0 Å². The number of nitrogens with two attached hydrogens (primary N) is 1. The van der Waals surface area contributed by atoms with E-state index >= 15 is 0 Å². The summed E-state index contributed by atoms with van der Waals surface area (Å²) in [5.74, 6) is 0.865. The van der Waals surface area contributed by atoms with Crippen LogP contribution >= 0.6 is 22.6 Å². The van der Waals surface area contributed by atoms with Crippen molar-refractivity contribution in [2.75, 3.05) is 11.1 Å². The molecule has 7 heteroatoms. The molecule has 2 aromatic heterocycles. The number of nitrogens with one attached hydrogen (secondary N) is 2. The van der Waals surface area contributed by atoms with E-state index in [1.165, 1.54) is 9.13 Å². The molecule has 0 amide bonds. The van der Waals surface area contributed by atoms with E-state index in [0.29, 0.717) is 23.5 Å². The second-order valence-corrected chi connectivity index (χ2v) is 5.26. The van der Waals surface area contributed by atoms with Crippen LogP contribution in [0.4, 0.5) is 11.8 Å². The van der Waals surface area contributed by atoms with Crippen molar-refractivity contribution in [2.45, 2.75) is 6.54 Å². The molecule has 6 nitrogen and oxygen atoms in total. The maximum atomic E-state index is 5.67. The number of aromatic amines is 1. The fourth-order valence-electron chi connectivity index (χ4n) is 1.81. The monoisotopic (exact) mass is 366 g/mol. The molecule has 3 rings (SSSR count). The molecule has 0 saturated heterocycles. The minimum absolute atomic E-state index is 0.224. The number of H-pyrrole nitrogens is 1. The zero-order chi connectivity index (χ0) is 13.2. The Morgan fingerprint density at radius 3 is 3.05 bits per heavy atom. The molecule has 96 valence electrons. The minimum Gasteiger partial charge on any atom is -0.368 e. The summed E-state index contributed by atoms with van der Waals surface area (Å²) < 4.78 is 1.20. The summed E-state index contributed by atoms with van der Waals surface area (Å²) >= 11 is 2.29. The van der Waals surface area contributed by atoms with Gasteiger partial charge in [0, 0.05) is 10.1 Å². The van der Waals surface area contributed by atoms with Gasteiger partial charge in [0.1, 0.15) is 5.52 Å². The highest BCUT2D eigenvalue weighted by molar-refractivity contribution is 14.1. The fourth-order valence-corrected chi connectivity index (χ4v) is 2.42. The largest absolute Gasteiger partial charge is 0.368 e. The third-order valence-corrected chi connectivity index (χ3v) is 3.32. The van der Waals surface area contributed by atoms with Crippen LogP contribution in [-0.4, -0.2) is 19.9 Å². The highest BCUT2D eigenvalue weighted by atomic mass is 127. The number of halogens is 1. The van der Waals surface area contributed by atoms with Crippen molar-refractivity contribution in [1.29, 1.82) is 0 Å². The van der Waals surface area contributed by atoms with Gasteiger partial charge in [0.05, 0.1) is 6.33 Å². The maximum Gasteiger partial charge on any atom is 0.224 e. The number of fused-ring (bicyclic) bond motifs is 1. The Labute approximate surface area is 123 Å². The van der Waals surface area contributed by atoms with Gasteiger partial charge in [0.15, 0.2) is 11.5 Å². The van der Waals surface area contributed by atoms with E-state index in [0.717, 1.165) is 0 Å². The van der Waals surface area contributed by atoms with Crippen LogP contribution in [0.3, 0.4) is 0 Å². The summed E-state index contributed by atoms with van der Waals surface area (Å²) in [5, 5.41) is 3.24. The lowest BCUT2D eigenvalue weighted by Crippen LogP contribution is -2.05. The quantitative estimate of drug-likeness (QED) is 0.618. The van der Waals surface area contributed by atoms with Gasteiger partial charge in [-0.15, -0.1) is 0 Å². The van der Waals surface area contributed by atoms with Crippen molar-refractivity contribution < 1.29 is 0 Å². The third kappa shape index (κ3) is 2.60. The van der Waals surface area contributed by atoms with E-state index in [2.05, 4.69) is 66.0 Å². The first kappa shape index (κ1) is 12.2. The Morgan fingerprint density at radius 1 is 1.32 bits per heavy atom. The van der Waals surface area contributed by atoms with Crippen LogP contribution in [-0.2, 0) is 6.54 Å². The summed E-state index contributed by atoms with van der Waals surface area (Å²) in [7, 11) is 0. The van der Waals surface area contributed by atoms with Gasteiger partial charge in [-0.05, 0) is 40.3 Å². The topological polar surface area (TPSA) is 92.5 Å². The SMILES string of the molecule is Nc1nc(NCc2cccc(I)c2)c2nc[nH]c2n1. The molecular weight excluding hydrogens is 355 g/mol. The zero-order valence-electron chi connectivity index (χ0n) is 9.89. The van der Waals surface area contributed by atoms with E-state index in [1.54, 1.807) is 6.33 Å². The summed E-state index contributed by atoms with van der Waals surface area (Å²) in [6.07, 6.45) is 1.58. The van der Waals surface area contributed by atoms with Gasteiger partial charge in [-0.2, -0.15) is 9.97 Å². The summed E-state index contributed by atoms with van der Waals surface area (Å²) in [6, 6.07) is 8.25. The fraction of sp³-hybridized carbons (Fsp3) is 0.0833. The summed E-state index contributed by atoms with van der Waals surface area (Å²) in [6.45, 7) is 0.662. The van der Waals surface area contributed by atoms with Crippen LogP contribution in [0.25, 0.3) is 11.2 Å². The predicted molar refractivity (Wildman–Crippen MR) is 82.6 cm³/mol. The smallest absolute Gasteiger partial charge is 0.224 e. The molecule has 0 aliphatic heterocycles. The molecule has 19 heavy (non-hydrogen) atoms. The van der Waals surface area contributed by atoms with Crippen molar-refractivity contribution >= 4 is 45.5 Å². The molecule has 3 aromatic rings. The van der Waals surface area contributed by atoms with Crippen LogP contribution in [0.1, 0.15) is 5.56 Å². The molecule has 2 heterocycles. The number of hydrogen-bond acceptors (Lipinski definition) is 5. The first-order chi connectivity index (χ1) is 9.22.